The summed E-state index contributed by atoms with van der Waals surface area (Å²) in [4.78, 5) is 2.33. The van der Waals surface area contributed by atoms with E-state index < -0.39 is 0 Å². The maximum absolute atomic E-state index is 9.78. The Hall–Kier alpha value is -1.06. The monoisotopic (exact) mass is 221 g/mol. The van der Waals surface area contributed by atoms with Gasteiger partial charge in [-0.05, 0) is 19.4 Å². The van der Waals surface area contributed by atoms with Gasteiger partial charge in [0.05, 0.1) is 6.61 Å². The highest BCUT2D eigenvalue weighted by Gasteiger charge is 2.11. The molecule has 1 fully saturated rings. The van der Waals surface area contributed by atoms with Crippen LogP contribution in [0, 0.1) is 6.92 Å². The molecule has 3 nitrogen and oxygen atoms in total. The zero-order valence-electron chi connectivity index (χ0n) is 9.78. The number of benzene rings is 1. The molecule has 0 atom stereocenters. The standard InChI is InChI=1S/C13H19NO2/c1-11-3-4-13(15)12(9-11)10-14-5-2-7-16-8-6-14/h3-4,9,15H,2,5-8,10H2,1H3. The lowest BCUT2D eigenvalue weighted by molar-refractivity contribution is 0.140. The molecule has 16 heavy (non-hydrogen) atoms. The van der Waals surface area contributed by atoms with E-state index in [4.69, 9.17) is 4.74 Å². The van der Waals surface area contributed by atoms with Gasteiger partial charge in [-0.1, -0.05) is 17.7 Å². The molecule has 0 unspecified atom stereocenters. The van der Waals surface area contributed by atoms with Gasteiger partial charge in [0.25, 0.3) is 0 Å². The number of nitrogens with zero attached hydrogens (tertiary/aromatic N) is 1. The molecule has 3 heteroatoms. The van der Waals surface area contributed by atoms with Crippen LogP contribution < -0.4 is 0 Å². The smallest absolute Gasteiger partial charge is 0.120 e. The van der Waals surface area contributed by atoms with E-state index in [1.807, 2.05) is 6.07 Å². The van der Waals surface area contributed by atoms with Crippen molar-refractivity contribution in [1.82, 2.24) is 4.90 Å². The van der Waals surface area contributed by atoms with Gasteiger partial charge < -0.3 is 9.84 Å². The lowest BCUT2D eigenvalue weighted by Crippen LogP contribution is -2.25. The van der Waals surface area contributed by atoms with E-state index >= 15 is 0 Å². The van der Waals surface area contributed by atoms with Gasteiger partial charge in [0.15, 0.2) is 0 Å². The first kappa shape index (κ1) is 11.4. The average molecular weight is 221 g/mol. The predicted molar refractivity (Wildman–Crippen MR) is 63.6 cm³/mol. The second-order valence-electron chi connectivity index (χ2n) is 4.37. The summed E-state index contributed by atoms with van der Waals surface area (Å²) in [7, 11) is 0. The van der Waals surface area contributed by atoms with Crippen molar-refractivity contribution >= 4 is 0 Å². The van der Waals surface area contributed by atoms with Crippen LogP contribution in [0.5, 0.6) is 5.75 Å². The van der Waals surface area contributed by atoms with Gasteiger partial charge in [0, 0.05) is 31.8 Å². The molecule has 1 aromatic rings. The van der Waals surface area contributed by atoms with Crippen LogP contribution in [0.4, 0.5) is 0 Å². The molecule has 0 aliphatic carbocycles. The molecule has 0 bridgehead atoms. The largest absolute Gasteiger partial charge is 0.508 e. The number of phenols is 1. The molecule has 1 aromatic carbocycles. The van der Waals surface area contributed by atoms with Gasteiger partial charge in [0.2, 0.25) is 0 Å². The van der Waals surface area contributed by atoms with Crippen LogP contribution in [0.3, 0.4) is 0 Å². The third-order valence-electron chi connectivity index (χ3n) is 2.94. The van der Waals surface area contributed by atoms with Crippen molar-refractivity contribution in [2.45, 2.75) is 19.9 Å². The molecule has 0 spiro atoms. The summed E-state index contributed by atoms with van der Waals surface area (Å²) < 4.78 is 5.41. The molecule has 1 saturated heterocycles. The maximum Gasteiger partial charge on any atom is 0.120 e. The van der Waals surface area contributed by atoms with E-state index in [1.54, 1.807) is 6.07 Å². The summed E-state index contributed by atoms with van der Waals surface area (Å²) in [5.41, 5.74) is 2.21. The van der Waals surface area contributed by atoms with E-state index in [9.17, 15) is 5.11 Å². The number of ether oxygens (including phenoxy) is 1. The summed E-state index contributed by atoms with van der Waals surface area (Å²) in [6.45, 7) is 6.52. The number of rotatable bonds is 2. The van der Waals surface area contributed by atoms with Gasteiger partial charge in [-0.25, -0.2) is 0 Å². The Labute approximate surface area is 96.6 Å². The molecular weight excluding hydrogens is 202 g/mol. The number of hydrogen-bond donors (Lipinski definition) is 1. The van der Waals surface area contributed by atoms with Crippen LogP contribution in [-0.2, 0) is 11.3 Å². The summed E-state index contributed by atoms with van der Waals surface area (Å²) in [5.74, 6) is 0.399. The summed E-state index contributed by atoms with van der Waals surface area (Å²) in [5, 5.41) is 9.78. The highest BCUT2D eigenvalue weighted by Crippen LogP contribution is 2.20. The highest BCUT2D eigenvalue weighted by molar-refractivity contribution is 5.35. The maximum atomic E-state index is 9.78. The third-order valence-corrected chi connectivity index (χ3v) is 2.94. The zero-order chi connectivity index (χ0) is 11.4. The molecule has 2 rings (SSSR count). The first-order valence-electron chi connectivity index (χ1n) is 5.84. The number of aryl methyl sites for hydroxylation is 1. The summed E-state index contributed by atoms with van der Waals surface area (Å²) in [6.07, 6.45) is 1.08. The van der Waals surface area contributed by atoms with Gasteiger partial charge in [-0.15, -0.1) is 0 Å². The molecule has 0 saturated carbocycles. The first-order chi connectivity index (χ1) is 7.75. The molecule has 0 amide bonds. The first-order valence-corrected chi connectivity index (χ1v) is 5.84. The Balaban J connectivity index is 2.04. The molecular formula is C13H19NO2. The Morgan fingerprint density at radius 2 is 2.19 bits per heavy atom. The summed E-state index contributed by atoms with van der Waals surface area (Å²) >= 11 is 0. The molecule has 88 valence electrons. The molecule has 0 aromatic heterocycles. The van der Waals surface area contributed by atoms with Crippen LogP contribution in [0.2, 0.25) is 0 Å². The quantitative estimate of drug-likeness (QED) is 0.828. The molecule has 1 N–H and O–H groups in total. The molecule has 1 aliphatic heterocycles. The second-order valence-corrected chi connectivity index (χ2v) is 4.37. The fourth-order valence-electron chi connectivity index (χ4n) is 2.04. The van der Waals surface area contributed by atoms with E-state index in [0.717, 1.165) is 44.8 Å². The lowest BCUT2D eigenvalue weighted by atomic mass is 10.1. The van der Waals surface area contributed by atoms with E-state index in [2.05, 4.69) is 17.9 Å². The Bertz CT molecular complexity index is 344. The minimum atomic E-state index is 0.399. The van der Waals surface area contributed by atoms with E-state index in [1.165, 1.54) is 5.56 Å². The minimum absolute atomic E-state index is 0.399. The zero-order valence-corrected chi connectivity index (χ0v) is 9.78. The molecule has 1 heterocycles. The Morgan fingerprint density at radius 3 is 3.06 bits per heavy atom. The SMILES string of the molecule is Cc1ccc(O)c(CN2CCCOCC2)c1. The predicted octanol–water partition coefficient (Wildman–Crippen LogP) is 1.92. The van der Waals surface area contributed by atoms with Crippen molar-refractivity contribution in [2.24, 2.45) is 0 Å². The minimum Gasteiger partial charge on any atom is -0.508 e. The van der Waals surface area contributed by atoms with Crippen LogP contribution in [0.15, 0.2) is 18.2 Å². The lowest BCUT2D eigenvalue weighted by Gasteiger charge is -2.19. The Kier molecular flexibility index (Phi) is 3.80. The van der Waals surface area contributed by atoms with Crippen LogP contribution in [-0.4, -0.2) is 36.3 Å². The number of phenolic OH excluding ortho intramolecular Hbond substituents is 1. The van der Waals surface area contributed by atoms with Gasteiger partial charge >= 0.3 is 0 Å². The van der Waals surface area contributed by atoms with Crippen molar-refractivity contribution in [3.05, 3.63) is 29.3 Å². The van der Waals surface area contributed by atoms with Gasteiger partial charge in [-0.3, -0.25) is 4.90 Å². The van der Waals surface area contributed by atoms with Crippen LogP contribution in [0.25, 0.3) is 0 Å². The molecule has 1 aliphatic rings. The van der Waals surface area contributed by atoms with Crippen molar-refractivity contribution in [1.29, 1.82) is 0 Å². The Morgan fingerprint density at radius 1 is 1.31 bits per heavy atom. The van der Waals surface area contributed by atoms with Crippen molar-refractivity contribution in [2.75, 3.05) is 26.3 Å². The number of aromatic hydroxyl groups is 1. The third kappa shape index (κ3) is 2.97. The fourth-order valence-corrected chi connectivity index (χ4v) is 2.04. The van der Waals surface area contributed by atoms with Crippen molar-refractivity contribution in [3.8, 4) is 5.75 Å². The topological polar surface area (TPSA) is 32.7 Å². The highest BCUT2D eigenvalue weighted by atomic mass is 16.5. The van der Waals surface area contributed by atoms with Crippen molar-refractivity contribution < 1.29 is 9.84 Å². The van der Waals surface area contributed by atoms with Crippen LogP contribution in [0.1, 0.15) is 17.5 Å². The van der Waals surface area contributed by atoms with Gasteiger partial charge in [-0.2, -0.15) is 0 Å². The summed E-state index contributed by atoms with van der Waals surface area (Å²) in [6, 6.07) is 5.77. The fraction of sp³-hybridized carbons (Fsp3) is 0.538. The van der Waals surface area contributed by atoms with Gasteiger partial charge in [0.1, 0.15) is 5.75 Å². The normalized spacial score (nSPS) is 18.3. The van der Waals surface area contributed by atoms with Crippen molar-refractivity contribution in [3.63, 3.8) is 0 Å². The average Bonchev–Trinajstić information content (AvgIpc) is 2.52. The molecule has 0 radical (unpaired) electrons. The van der Waals surface area contributed by atoms with E-state index in [-0.39, 0.29) is 0 Å². The number of hydrogen-bond acceptors (Lipinski definition) is 3. The van der Waals surface area contributed by atoms with E-state index in [0.29, 0.717) is 5.75 Å². The second kappa shape index (κ2) is 5.32. The van der Waals surface area contributed by atoms with Crippen LogP contribution >= 0.6 is 0 Å².